The molecule has 0 spiro atoms. The van der Waals surface area contributed by atoms with Gasteiger partial charge in [0.25, 0.3) is 0 Å². The second-order valence-electron chi connectivity index (χ2n) is 5.13. The van der Waals surface area contributed by atoms with Crippen LogP contribution in [0.3, 0.4) is 0 Å². The Kier molecular flexibility index (Phi) is 15.7. The molecule has 0 saturated carbocycles. The van der Waals surface area contributed by atoms with Crippen LogP contribution in [0.25, 0.3) is 0 Å². The van der Waals surface area contributed by atoms with E-state index < -0.39 is 6.17 Å². The molecule has 24 heavy (non-hydrogen) atoms. The van der Waals surface area contributed by atoms with Crippen molar-refractivity contribution in [1.29, 1.82) is 0 Å². The van der Waals surface area contributed by atoms with Gasteiger partial charge in [-0.1, -0.05) is 0 Å². The molecule has 2 amide bonds. The number of hydrogen-bond donors (Lipinski definition) is 2. The van der Waals surface area contributed by atoms with Gasteiger partial charge in [-0.2, -0.15) is 0 Å². The minimum atomic E-state index is -1.22. The van der Waals surface area contributed by atoms with E-state index in [-0.39, 0.29) is 38.4 Å². The molecular formula is C15H29FN2O6. The molecule has 0 aromatic heterocycles. The lowest BCUT2D eigenvalue weighted by Gasteiger charge is -2.10. The SMILES string of the molecule is CC(C)OCC(=O)NCCOCCOCCOCC(F)CNC=O. The monoisotopic (exact) mass is 352 g/mol. The standard InChI is InChI=1S/C15H29FN2O6/c1-13(2)24-11-15(20)18-3-4-21-5-6-22-7-8-23-10-14(16)9-17-12-19/h12-14H,3-11H2,1-2H3,(H,17,19)(H,18,20). The number of nitrogens with one attached hydrogen (secondary N) is 2. The van der Waals surface area contributed by atoms with E-state index in [1.54, 1.807) is 0 Å². The summed E-state index contributed by atoms with van der Waals surface area (Å²) in [7, 11) is 0. The van der Waals surface area contributed by atoms with Gasteiger partial charge in [-0.3, -0.25) is 9.59 Å². The highest BCUT2D eigenvalue weighted by atomic mass is 19.1. The van der Waals surface area contributed by atoms with Gasteiger partial charge in [0.15, 0.2) is 0 Å². The van der Waals surface area contributed by atoms with Crippen LogP contribution in [-0.4, -0.2) is 83.9 Å². The number of alkyl halides is 1. The van der Waals surface area contributed by atoms with Crippen LogP contribution in [0.5, 0.6) is 0 Å². The van der Waals surface area contributed by atoms with E-state index in [9.17, 15) is 14.0 Å². The van der Waals surface area contributed by atoms with Crippen molar-refractivity contribution < 1.29 is 32.9 Å². The number of ether oxygens (including phenoxy) is 4. The Morgan fingerprint density at radius 2 is 1.71 bits per heavy atom. The first kappa shape index (κ1) is 22.7. The fraction of sp³-hybridized carbons (Fsp3) is 0.867. The van der Waals surface area contributed by atoms with Crippen molar-refractivity contribution in [1.82, 2.24) is 10.6 Å². The first-order chi connectivity index (χ1) is 11.6. The number of halogens is 1. The predicted molar refractivity (Wildman–Crippen MR) is 85.5 cm³/mol. The summed E-state index contributed by atoms with van der Waals surface area (Å²) in [4.78, 5) is 21.3. The summed E-state index contributed by atoms with van der Waals surface area (Å²) in [5.74, 6) is -0.171. The van der Waals surface area contributed by atoms with Crippen molar-refractivity contribution >= 4 is 12.3 Å². The van der Waals surface area contributed by atoms with Crippen LogP contribution in [0.15, 0.2) is 0 Å². The number of rotatable bonds is 17. The van der Waals surface area contributed by atoms with Gasteiger partial charge in [-0.25, -0.2) is 4.39 Å². The molecule has 0 aliphatic rings. The van der Waals surface area contributed by atoms with Crippen LogP contribution in [0.2, 0.25) is 0 Å². The van der Waals surface area contributed by atoms with Gasteiger partial charge in [0.05, 0.1) is 52.3 Å². The van der Waals surface area contributed by atoms with E-state index in [2.05, 4.69) is 10.6 Å². The topological polar surface area (TPSA) is 95.1 Å². The van der Waals surface area contributed by atoms with E-state index in [4.69, 9.17) is 18.9 Å². The minimum absolute atomic E-state index is 0.0249. The molecule has 0 saturated heterocycles. The zero-order valence-corrected chi connectivity index (χ0v) is 14.4. The first-order valence-electron chi connectivity index (χ1n) is 7.99. The molecule has 0 bridgehead atoms. The molecule has 0 heterocycles. The van der Waals surface area contributed by atoms with Crippen molar-refractivity contribution in [3.63, 3.8) is 0 Å². The number of hydrogen-bond acceptors (Lipinski definition) is 6. The molecule has 142 valence electrons. The summed E-state index contributed by atoms with van der Waals surface area (Å²) in [6.45, 7) is 5.83. The molecule has 8 nitrogen and oxygen atoms in total. The second-order valence-corrected chi connectivity index (χ2v) is 5.13. The average Bonchev–Trinajstić information content (AvgIpc) is 2.55. The highest BCUT2D eigenvalue weighted by Gasteiger charge is 2.05. The number of carbonyl (C=O) groups excluding carboxylic acids is 2. The average molecular weight is 352 g/mol. The van der Waals surface area contributed by atoms with Crippen LogP contribution in [0, 0.1) is 0 Å². The lowest BCUT2D eigenvalue weighted by Crippen LogP contribution is -2.31. The largest absolute Gasteiger partial charge is 0.377 e. The third-order valence-corrected chi connectivity index (χ3v) is 2.58. The van der Waals surface area contributed by atoms with Crippen LogP contribution in [0.1, 0.15) is 13.8 Å². The van der Waals surface area contributed by atoms with Crippen LogP contribution in [0.4, 0.5) is 4.39 Å². The Morgan fingerprint density at radius 1 is 1.08 bits per heavy atom. The fourth-order valence-electron chi connectivity index (χ4n) is 1.44. The highest BCUT2D eigenvalue weighted by molar-refractivity contribution is 5.77. The number of carbonyl (C=O) groups is 2. The van der Waals surface area contributed by atoms with Gasteiger partial charge in [-0.05, 0) is 13.8 Å². The van der Waals surface area contributed by atoms with Gasteiger partial charge >= 0.3 is 0 Å². The maximum Gasteiger partial charge on any atom is 0.246 e. The maximum absolute atomic E-state index is 13.0. The van der Waals surface area contributed by atoms with Crippen LogP contribution < -0.4 is 10.6 Å². The Labute approximate surface area is 142 Å². The molecule has 1 atom stereocenters. The Hall–Kier alpha value is -1.29. The summed E-state index contributed by atoms with van der Waals surface area (Å²) in [6.07, 6.45) is -0.753. The van der Waals surface area contributed by atoms with Gasteiger partial charge in [-0.15, -0.1) is 0 Å². The fourth-order valence-corrected chi connectivity index (χ4v) is 1.44. The van der Waals surface area contributed by atoms with Crippen LogP contribution >= 0.6 is 0 Å². The second kappa shape index (κ2) is 16.6. The summed E-state index contributed by atoms with van der Waals surface area (Å²) in [5, 5.41) is 4.91. The van der Waals surface area contributed by atoms with Crippen LogP contribution in [-0.2, 0) is 28.5 Å². The van der Waals surface area contributed by atoms with Crippen molar-refractivity contribution in [3.8, 4) is 0 Å². The lowest BCUT2D eigenvalue weighted by atomic mass is 10.4. The molecule has 0 aromatic carbocycles. The van der Waals surface area contributed by atoms with Gasteiger partial charge < -0.3 is 29.6 Å². The molecule has 0 fully saturated rings. The van der Waals surface area contributed by atoms with E-state index in [0.717, 1.165) is 0 Å². The van der Waals surface area contributed by atoms with Crippen molar-refractivity contribution in [2.45, 2.75) is 26.1 Å². The molecule has 0 aromatic rings. The Morgan fingerprint density at radius 3 is 2.33 bits per heavy atom. The van der Waals surface area contributed by atoms with Gasteiger partial charge in [0, 0.05) is 6.54 Å². The Bertz CT molecular complexity index is 320. The quantitative estimate of drug-likeness (QED) is 0.275. The molecule has 2 N–H and O–H groups in total. The molecule has 0 radical (unpaired) electrons. The molecule has 1 unspecified atom stereocenters. The van der Waals surface area contributed by atoms with Crippen molar-refractivity contribution in [2.24, 2.45) is 0 Å². The maximum atomic E-state index is 13.0. The smallest absolute Gasteiger partial charge is 0.246 e. The molecule has 0 rings (SSSR count). The lowest BCUT2D eigenvalue weighted by molar-refractivity contribution is -0.127. The van der Waals surface area contributed by atoms with Crippen molar-refractivity contribution in [2.75, 3.05) is 59.3 Å². The Balaban J connectivity index is 3.20. The van der Waals surface area contributed by atoms with Crippen molar-refractivity contribution in [3.05, 3.63) is 0 Å². The van der Waals surface area contributed by atoms with E-state index in [1.807, 2.05) is 13.8 Å². The summed E-state index contributed by atoms with van der Waals surface area (Å²) in [5.41, 5.74) is 0. The molecule has 0 aliphatic heterocycles. The zero-order valence-electron chi connectivity index (χ0n) is 14.4. The third kappa shape index (κ3) is 17.1. The molecule has 9 heteroatoms. The summed E-state index contributed by atoms with van der Waals surface area (Å²) in [6, 6.07) is 0. The van der Waals surface area contributed by atoms with E-state index in [0.29, 0.717) is 39.4 Å². The summed E-state index contributed by atoms with van der Waals surface area (Å²) < 4.78 is 33.8. The van der Waals surface area contributed by atoms with Gasteiger partial charge in [0.2, 0.25) is 12.3 Å². The zero-order chi connectivity index (χ0) is 18.0. The third-order valence-electron chi connectivity index (χ3n) is 2.58. The summed E-state index contributed by atoms with van der Waals surface area (Å²) >= 11 is 0. The first-order valence-corrected chi connectivity index (χ1v) is 7.99. The van der Waals surface area contributed by atoms with E-state index in [1.165, 1.54) is 0 Å². The normalized spacial score (nSPS) is 12.2. The minimum Gasteiger partial charge on any atom is -0.377 e. The molecular weight excluding hydrogens is 323 g/mol. The van der Waals surface area contributed by atoms with E-state index >= 15 is 0 Å². The highest BCUT2D eigenvalue weighted by Crippen LogP contribution is 1.90. The number of amides is 2. The molecule has 0 aliphatic carbocycles. The predicted octanol–water partition coefficient (Wildman–Crippen LogP) is -0.338. The van der Waals surface area contributed by atoms with Gasteiger partial charge in [0.1, 0.15) is 12.8 Å².